The first kappa shape index (κ1) is 23.3. The zero-order valence-electron chi connectivity index (χ0n) is 19.4. The Morgan fingerprint density at radius 2 is 1.58 bits per heavy atom. The predicted octanol–water partition coefficient (Wildman–Crippen LogP) is 8.27. The molecule has 0 heterocycles. The number of hydrogen-bond donors (Lipinski definition) is 0. The minimum Gasteiger partial charge on any atom is -0.547 e. The van der Waals surface area contributed by atoms with Gasteiger partial charge < -0.3 is 4.43 Å². The third-order valence-electron chi connectivity index (χ3n) is 6.65. The molecule has 1 rings (SSSR count). The van der Waals surface area contributed by atoms with Gasteiger partial charge in [-0.2, -0.15) is 0 Å². The maximum atomic E-state index is 6.85. The van der Waals surface area contributed by atoms with Gasteiger partial charge in [0.2, 0.25) is 8.32 Å². The van der Waals surface area contributed by atoms with Gasteiger partial charge in [-0.05, 0) is 82.5 Å². The van der Waals surface area contributed by atoms with Gasteiger partial charge in [0.1, 0.15) is 0 Å². The Morgan fingerprint density at radius 3 is 2.04 bits per heavy atom. The van der Waals surface area contributed by atoms with Crippen LogP contribution in [-0.2, 0) is 4.43 Å². The third-order valence-corrected chi connectivity index (χ3v) is 11.0. The minimum atomic E-state index is -1.81. The van der Waals surface area contributed by atoms with Gasteiger partial charge in [0, 0.05) is 5.92 Å². The second-order valence-electron chi connectivity index (χ2n) is 10.8. The Balaban J connectivity index is 3.21. The Morgan fingerprint density at radius 1 is 1.08 bits per heavy atom. The molecule has 0 amide bonds. The van der Waals surface area contributed by atoms with Crippen LogP contribution in [0, 0.1) is 17.3 Å². The van der Waals surface area contributed by atoms with E-state index in [4.69, 9.17) is 4.43 Å². The van der Waals surface area contributed by atoms with Crippen LogP contribution in [0.5, 0.6) is 0 Å². The lowest BCUT2D eigenvalue weighted by molar-refractivity contribution is 0.0912. The zero-order valence-corrected chi connectivity index (χ0v) is 20.4. The fourth-order valence-electron chi connectivity index (χ4n) is 3.47. The van der Waals surface area contributed by atoms with Crippen LogP contribution in [0.15, 0.2) is 35.1 Å². The Kier molecular flexibility index (Phi) is 7.61. The summed E-state index contributed by atoms with van der Waals surface area (Å²) in [6.45, 7) is 25.5. The first-order valence-electron chi connectivity index (χ1n) is 10.3. The van der Waals surface area contributed by atoms with Gasteiger partial charge in [-0.3, -0.25) is 0 Å². The molecule has 0 N–H and O–H groups in total. The lowest BCUT2D eigenvalue weighted by atomic mass is 9.62. The molecule has 0 saturated carbocycles. The molecule has 0 radical (unpaired) electrons. The van der Waals surface area contributed by atoms with E-state index in [-0.39, 0.29) is 10.5 Å². The largest absolute Gasteiger partial charge is 0.547 e. The SMILES string of the molecule is CC(C)=CC[C@H]1CC=C(O[Si](C)(C)C(C)(C)C)[C@@H](CC=C(C)C)C1(C)C. The summed E-state index contributed by atoms with van der Waals surface area (Å²) in [5, 5.41) is 0.234. The molecule has 0 unspecified atom stereocenters. The van der Waals surface area contributed by atoms with Crippen LogP contribution in [0.1, 0.15) is 81.6 Å². The van der Waals surface area contributed by atoms with Gasteiger partial charge in [-0.1, -0.05) is 57.9 Å². The summed E-state index contributed by atoms with van der Waals surface area (Å²) in [5.41, 5.74) is 3.07. The minimum absolute atomic E-state index is 0.234. The first-order valence-corrected chi connectivity index (χ1v) is 13.2. The molecule has 0 aromatic heterocycles. The molecular weight excluding hydrogens is 332 g/mol. The first-order chi connectivity index (χ1) is 11.7. The number of hydrogen-bond acceptors (Lipinski definition) is 1. The molecular formula is C24H44OSi. The van der Waals surface area contributed by atoms with Crippen molar-refractivity contribution in [2.75, 3.05) is 0 Å². The molecule has 0 aliphatic heterocycles. The summed E-state index contributed by atoms with van der Waals surface area (Å²) in [7, 11) is -1.81. The smallest absolute Gasteiger partial charge is 0.250 e. The number of rotatable bonds is 6. The van der Waals surface area contributed by atoms with Crippen LogP contribution in [0.3, 0.4) is 0 Å². The fourth-order valence-corrected chi connectivity index (χ4v) is 4.59. The van der Waals surface area contributed by atoms with Crippen molar-refractivity contribution < 1.29 is 4.43 Å². The molecule has 0 saturated heterocycles. The molecule has 1 aliphatic rings. The molecule has 0 aromatic rings. The van der Waals surface area contributed by atoms with E-state index in [1.807, 2.05) is 0 Å². The second-order valence-corrected chi connectivity index (χ2v) is 15.5. The van der Waals surface area contributed by atoms with Crippen LogP contribution in [0.4, 0.5) is 0 Å². The predicted molar refractivity (Wildman–Crippen MR) is 120 cm³/mol. The molecule has 0 bridgehead atoms. The van der Waals surface area contributed by atoms with Gasteiger partial charge in [-0.15, -0.1) is 0 Å². The normalized spacial score (nSPS) is 23.1. The van der Waals surface area contributed by atoms with E-state index in [2.05, 4.69) is 93.6 Å². The summed E-state index contributed by atoms with van der Waals surface area (Å²) < 4.78 is 6.85. The molecule has 1 nitrogen and oxygen atoms in total. The maximum Gasteiger partial charge on any atom is 0.250 e. The quantitative estimate of drug-likeness (QED) is 0.335. The lowest BCUT2D eigenvalue weighted by Gasteiger charge is -2.48. The van der Waals surface area contributed by atoms with Gasteiger partial charge in [0.05, 0.1) is 5.76 Å². The molecule has 150 valence electrons. The van der Waals surface area contributed by atoms with E-state index in [1.165, 1.54) is 23.3 Å². The van der Waals surface area contributed by atoms with Crippen molar-refractivity contribution in [1.82, 2.24) is 0 Å². The average Bonchev–Trinajstić information content (AvgIpc) is 2.43. The molecule has 0 fully saturated rings. The summed E-state index contributed by atoms with van der Waals surface area (Å²) in [5.74, 6) is 2.42. The summed E-state index contributed by atoms with van der Waals surface area (Å²) in [6.07, 6.45) is 10.6. The van der Waals surface area contributed by atoms with Crippen molar-refractivity contribution in [2.45, 2.75) is 99.7 Å². The van der Waals surface area contributed by atoms with E-state index >= 15 is 0 Å². The van der Waals surface area contributed by atoms with E-state index in [0.717, 1.165) is 12.8 Å². The Hall–Kier alpha value is -0.763. The zero-order chi connectivity index (χ0) is 20.3. The van der Waals surface area contributed by atoms with Crippen LogP contribution in [0.25, 0.3) is 0 Å². The third kappa shape index (κ3) is 5.87. The van der Waals surface area contributed by atoms with Gasteiger partial charge in [0.15, 0.2) is 0 Å². The van der Waals surface area contributed by atoms with Crippen LogP contribution in [0.2, 0.25) is 18.1 Å². The number of allylic oxidation sites excluding steroid dienone is 6. The molecule has 1 aliphatic carbocycles. The highest BCUT2D eigenvalue weighted by molar-refractivity contribution is 6.74. The van der Waals surface area contributed by atoms with E-state index < -0.39 is 8.32 Å². The highest BCUT2D eigenvalue weighted by Crippen LogP contribution is 2.51. The molecule has 26 heavy (non-hydrogen) atoms. The summed E-state index contributed by atoms with van der Waals surface area (Å²) in [6, 6.07) is 0. The van der Waals surface area contributed by atoms with Crippen LogP contribution in [-0.4, -0.2) is 8.32 Å². The monoisotopic (exact) mass is 376 g/mol. The molecule has 2 atom stereocenters. The summed E-state index contributed by atoms with van der Waals surface area (Å²) in [4.78, 5) is 0. The lowest BCUT2D eigenvalue weighted by Crippen LogP contribution is -2.44. The van der Waals surface area contributed by atoms with Crippen molar-refractivity contribution >= 4 is 8.32 Å². The standard InChI is InChI=1S/C24H44OSi/c1-18(2)12-14-20-15-17-22(25-26(10,11)23(5,6)7)21(24(20,8)9)16-13-19(3)4/h12-13,17,20-21H,14-16H2,1-11H3/t20-,21+/m0/s1. The molecule has 2 heteroatoms. The highest BCUT2D eigenvalue weighted by Gasteiger charge is 2.45. The van der Waals surface area contributed by atoms with Crippen molar-refractivity contribution in [3.8, 4) is 0 Å². The summed E-state index contributed by atoms with van der Waals surface area (Å²) >= 11 is 0. The van der Waals surface area contributed by atoms with E-state index in [9.17, 15) is 0 Å². The van der Waals surface area contributed by atoms with Crippen LogP contribution >= 0.6 is 0 Å². The molecule has 0 spiro atoms. The maximum absolute atomic E-state index is 6.85. The van der Waals surface area contributed by atoms with Crippen molar-refractivity contribution in [2.24, 2.45) is 17.3 Å². The average molecular weight is 377 g/mol. The van der Waals surface area contributed by atoms with E-state index in [1.54, 1.807) is 0 Å². The Bertz CT molecular complexity index is 562. The second kappa shape index (κ2) is 8.50. The van der Waals surface area contributed by atoms with Crippen molar-refractivity contribution in [3.63, 3.8) is 0 Å². The van der Waals surface area contributed by atoms with Crippen LogP contribution < -0.4 is 0 Å². The Labute approximate surface area is 165 Å². The van der Waals surface area contributed by atoms with Gasteiger partial charge >= 0.3 is 0 Å². The fraction of sp³-hybridized carbons (Fsp3) is 0.750. The van der Waals surface area contributed by atoms with E-state index in [0.29, 0.717) is 11.8 Å². The van der Waals surface area contributed by atoms with Gasteiger partial charge in [-0.25, -0.2) is 0 Å². The van der Waals surface area contributed by atoms with Crippen molar-refractivity contribution in [3.05, 3.63) is 35.1 Å². The molecule has 0 aromatic carbocycles. The van der Waals surface area contributed by atoms with Crippen molar-refractivity contribution in [1.29, 1.82) is 0 Å². The topological polar surface area (TPSA) is 9.23 Å². The highest BCUT2D eigenvalue weighted by atomic mass is 28.4. The van der Waals surface area contributed by atoms with Gasteiger partial charge in [0.25, 0.3) is 0 Å².